The van der Waals surface area contributed by atoms with Crippen LogP contribution in [0.4, 0.5) is 0 Å². The summed E-state index contributed by atoms with van der Waals surface area (Å²) in [5.74, 6) is -1.57. The van der Waals surface area contributed by atoms with Gasteiger partial charge in [0.05, 0.1) is 29.2 Å². The molecule has 45 heavy (non-hydrogen) atoms. The average molecular weight is 657 g/mol. The minimum Gasteiger partial charge on any atom is -0.744 e. The number of hydrogen-bond donors (Lipinski definition) is 0. The number of unbranched alkanes of at least 4 members (excludes halogenated alkanes) is 16. The van der Waals surface area contributed by atoms with E-state index in [2.05, 4.69) is 38.2 Å². The molecule has 0 bridgehead atoms. The molecule has 0 fully saturated rings. The molecule has 0 aliphatic carbocycles. The quantitative estimate of drug-likeness (QED) is 0.0335. The molecule has 0 saturated heterocycles. The van der Waals surface area contributed by atoms with Gasteiger partial charge in [-0.2, -0.15) is 0 Å². The number of hydrogen-bond acceptors (Lipinski definition) is 7. The molecule has 0 saturated carbocycles. The summed E-state index contributed by atoms with van der Waals surface area (Å²) in [5.41, 5.74) is -0.365. The maximum absolute atomic E-state index is 12.8. The molecule has 1 aromatic rings. The van der Waals surface area contributed by atoms with E-state index in [0.717, 1.165) is 95.2 Å². The first-order chi connectivity index (χ1) is 21.3. The summed E-state index contributed by atoms with van der Waals surface area (Å²) in [6.45, 7) is 4.76. The van der Waals surface area contributed by atoms with E-state index in [0.29, 0.717) is 12.8 Å². The van der Waals surface area contributed by atoms with Gasteiger partial charge in [-0.25, -0.2) is 18.0 Å². The number of esters is 2. The second-order valence-electron chi connectivity index (χ2n) is 11.5. The standard InChI is InChI=1S/C36H58O7S.Na/c1-3-5-7-9-11-13-15-17-19-21-23-25-29-42-35(37)33-28-27-32(44(39,40)41)31-34(33)36(38)43-30-26-24-22-20-18-16-14-12-10-8-6-4-2;/h11-14,27-28,31H,3-10,15-26,29-30H2,1-2H3,(H,39,40,41);/q;+1/p-1/b13-11+,14-12+;. The van der Waals surface area contributed by atoms with Crippen molar-refractivity contribution in [2.24, 2.45) is 0 Å². The van der Waals surface area contributed by atoms with E-state index >= 15 is 0 Å². The van der Waals surface area contributed by atoms with Gasteiger partial charge < -0.3 is 14.0 Å². The van der Waals surface area contributed by atoms with Crippen molar-refractivity contribution in [1.29, 1.82) is 0 Å². The van der Waals surface area contributed by atoms with Crippen molar-refractivity contribution in [2.45, 2.75) is 147 Å². The fourth-order valence-corrected chi connectivity index (χ4v) is 5.29. The maximum atomic E-state index is 12.8. The molecule has 7 nitrogen and oxygen atoms in total. The Balaban J connectivity index is 0.0000194. The van der Waals surface area contributed by atoms with Crippen molar-refractivity contribution in [3.8, 4) is 0 Å². The predicted octanol–water partition coefficient (Wildman–Crippen LogP) is 6.86. The van der Waals surface area contributed by atoms with Crippen LogP contribution in [0.3, 0.4) is 0 Å². The van der Waals surface area contributed by atoms with E-state index in [1.807, 2.05) is 0 Å². The van der Waals surface area contributed by atoms with Crippen molar-refractivity contribution in [2.75, 3.05) is 13.2 Å². The van der Waals surface area contributed by atoms with Crippen LogP contribution in [-0.4, -0.2) is 38.1 Å². The fourth-order valence-electron chi connectivity index (χ4n) is 4.80. The van der Waals surface area contributed by atoms with Gasteiger partial charge in [0, 0.05) is 0 Å². The predicted molar refractivity (Wildman–Crippen MR) is 177 cm³/mol. The van der Waals surface area contributed by atoms with Crippen LogP contribution in [-0.2, 0) is 19.6 Å². The molecular formula is C36H57NaO7S. The molecule has 0 atom stereocenters. The molecule has 0 radical (unpaired) electrons. The SMILES string of the molecule is CCCCC/C=C/CCCCCCCOC(=O)c1ccc(S(=O)(=O)[O-])cc1C(=O)OCCCCCCC/C=C/CCCCC.[Na+]. The number of carbonyl (C=O) groups excluding carboxylic acids is 2. The maximum Gasteiger partial charge on any atom is 1.00 e. The minimum absolute atomic E-state index is 0. The first-order valence-corrected chi connectivity index (χ1v) is 18.5. The molecule has 0 N–H and O–H groups in total. The summed E-state index contributed by atoms with van der Waals surface area (Å²) in [4.78, 5) is 25.0. The Labute approximate surface area is 296 Å². The Morgan fingerprint density at radius 1 is 0.600 bits per heavy atom. The van der Waals surface area contributed by atoms with Gasteiger partial charge in [0.1, 0.15) is 10.1 Å². The fraction of sp³-hybridized carbons (Fsp3) is 0.667. The van der Waals surface area contributed by atoms with Crippen LogP contribution in [0, 0.1) is 0 Å². The largest absolute Gasteiger partial charge is 1.00 e. The van der Waals surface area contributed by atoms with Gasteiger partial charge in [-0.05, 0) is 82.4 Å². The Morgan fingerprint density at radius 2 is 0.978 bits per heavy atom. The topological polar surface area (TPSA) is 110 Å². The van der Waals surface area contributed by atoms with Crippen molar-refractivity contribution in [3.63, 3.8) is 0 Å². The zero-order valence-electron chi connectivity index (χ0n) is 28.4. The third-order valence-electron chi connectivity index (χ3n) is 7.50. The van der Waals surface area contributed by atoms with Gasteiger partial charge >= 0.3 is 41.5 Å². The summed E-state index contributed by atoms with van der Waals surface area (Å²) in [5, 5.41) is 0. The van der Waals surface area contributed by atoms with Crippen LogP contribution in [0.2, 0.25) is 0 Å². The van der Waals surface area contributed by atoms with Crippen LogP contribution >= 0.6 is 0 Å². The molecule has 0 heterocycles. The second-order valence-corrected chi connectivity index (χ2v) is 12.9. The Kier molecular flexibility index (Phi) is 27.8. The zero-order chi connectivity index (χ0) is 32.3. The van der Waals surface area contributed by atoms with Crippen LogP contribution < -0.4 is 29.6 Å². The van der Waals surface area contributed by atoms with E-state index < -0.39 is 27.0 Å². The normalized spacial score (nSPS) is 11.6. The van der Waals surface area contributed by atoms with Gasteiger partial charge in [-0.3, -0.25) is 0 Å². The molecule has 9 heteroatoms. The van der Waals surface area contributed by atoms with Gasteiger partial charge in [0.2, 0.25) is 0 Å². The van der Waals surface area contributed by atoms with E-state index in [4.69, 9.17) is 9.47 Å². The van der Waals surface area contributed by atoms with Crippen LogP contribution in [0.25, 0.3) is 0 Å². The average Bonchev–Trinajstić information content (AvgIpc) is 3.00. The molecule has 1 rings (SSSR count). The summed E-state index contributed by atoms with van der Waals surface area (Å²) >= 11 is 0. The molecule has 1 aromatic carbocycles. The first kappa shape index (κ1) is 43.5. The zero-order valence-corrected chi connectivity index (χ0v) is 31.2. The van der Waals surface area contributed by atoms with Gasteiger partial charge in [-0.15, -0.1) is 0 Å². The monoisotopic (exact) mass is 656 g/mol. The van der Waals surface area contributed by atoms with Gasteiger partial charge in [0.25, 0.3) is 0 Å². The first-order valence-electron chi connectivity index (χ1n) is 17.0. The molecule has 0 amide bonds. The van der Waals surface area contributed by atoms with E-state index in [9.17, 15) is 22.6 Å². The van der Waals surface area contributed by atoms with Gasteiger partial charge in [-0.1, -0.05) is 102 Å². The molecule has 0 unspecified atom stereocenters. The van der Waals surface area contributed by atoms with Crippen molar-refractivity contribution >= 4 is 22.1 Å². The Morgan fingerprint density at radius 3 is 1.40 bits per heavy atom. The van der Waals surface area contributed by atoms with Crippen molar-refractivity contribution < 1.29 is 61.6 Å². The summed E-state index contributed by atoms with van der Waals surface area (Å²) in [6, 6.07) is 3.08. The van der Waals surface area contributed by atoms with Crippen molar-refractivity contribution in [1.82, 2.24) is 0 Å². The van der Waals surface area contributed by atoms with Crippen LogP contribution in [0.5, 0.6) is 0 Å². The number of rotatable bonds is 27. The van der Waals surface area contributed by atoms with E-state index in [1.165, 1.54) is 38.5 Å². The van der Waals surface area contributed by atoms with E-state index in [1.54, 1.807) is 0 Å². The third kappa shape index (κ3) is 22.7. The number of benzene rings is 1. The molecular weight excluding hydrogens is 599 g/mol. The second kappa shape index (κ2) is 28.7. The number of carbonyl (C=O) groups is 2. The Hall–Kier alpha value is -1.45. The summed E-state index contributed by atoms with van der Waals surface area (Å²) in [6.07, 6.45) is 30.8. The molecule has 0 aromatic heterocycles. The van der Waals surface area contributed by atoms with Crippen LogP contribution in [0.1, 0.15) is 163 Å². The van der Waals surface area contributed by atoms with E-state index in [-0.39, 0.29) is 53.9 Å². The molecule has 0 spiro atoms. The van der Waals surface area contributed by atoms with Gasteiger partial charge in [0.15, 0.2) is 0 Å². The minimum atomic E-state index is -4.81. The summed E-state index contributed by atoms with van der Waals surface area (Å²) in [7, 11) is -4.81. The summed E-state index contributed by atoms with van der Waals surface area (Å²) < 4.78 is 45.4. The number of allylic oxidation sites excluding steroid dienone is 4. The Bertz CT molecular complexity index is 1080. The number of ether oxygens (including phenoxy) is 2. The van der Waals surface area contributed by atoms with Crippen LogP contribution in [0.15, 0.2) is 47.4 Å². The molecule has 0 aliphatic rings. The smallest absolute Gasteiger partial charge is 0.744 e. The molecule has 250 valence electrons. The molecule has 0 aliphatic heterocycles. The third-order valence-corrected chi connectivity index (χ3v) is 8.33. The van der Waals surface area contributed by atoms with Crippen molar-refractivity contribution in [3.05, 3.63) is 53.6 Å².